The van der Waals surface area contributed by atoms with Crippen LogP contribution in [-0.2, 0) is 11.3 Å². The maximum atomic E-state index is 5.54. The van der Waals surface area contributed by atoms with Crippen LogP contribution in [0.25, 0.3) is 0 Å². The van der Waals surface area contributed by atoms with Gasteiger partial charge in [-0.15, -0.1) is 11.3 Å². The molecule has 1 heterocycles. The van der Waals surface area contributed by atoms with E-state index in [1.807, 2.05) is 24.4 Å². The number of aliphatic imine (C=N–C) groups is 1. The van der Waals surface area contributed by atoms with Gasteiger partial charge in [-0.05, 0) is 12.5 Å². The molecule has 1 atom stereocenters. The van der Waals surface area contributed by atoms with E-state index in [2.05, 4.69) is 39.7 Å². The lowest BCUT2D eigenvalue weighted by Gasteiger charge is -2.18. The summed E-state index contributed by atoms with van der Waals surface area (Å²) in [6, 6.07) is 10.1. The van der Waals surface area contributed by atoms with Crippen LogP contribution in [0.15, 0.2) is 41.5 Å². The van der Waals surface area contributed by atoms with Crippen molar-refractivity contribution in [1.29, 1.82) is 0 Å². The first-order chi connectivity index (χ1) is 10.7. The highest BCUT2D eigenvalue weighted by molar-refractivity contribution is 7.11. The number of methoxy groups -OCH3 is 1. The zero-order valence-electron chi connectivity index (χ0n) is 13.2. The smallest absolute Gasteiger partial charge is 0.191 e. The van der Waals surface area contributed by atoms with E-state index in [9.17, 15) is 0 Å². The van der Waals surface area contributed by atoms with Gasteiger partial charge >= 0.3 is 0 Å². The number of hydrogen-bond acceptors (Lipinski definition) is 4. The van der Waals surface area contributed by atoms with Crippen LogP contribution in [0.5, 0.6) is 0 Å². The van der Waals surface area contributed by atoms with Crippen molar-refractivity contribution in [1.82, 2.24) is 15.6 Å². The van der Waals surface area contributed by atoms with Gasteiger partial charge in [-0.3, -0.25) is 4.99 Å². The van der Waals surface area contributed by atoms with Crippen molar-refractivity contribution in [3.8, 4) is 0 Å². The third-order valence-electron chi connectivity index (χ3n) is 3.21. The molecule has 118 valence electrons. The Morgan fingerprint density at radius 3 is 2.68 bits per heavy atom. The van der Waals surface area contributed by atoms with Crippen LogP contribution < -0.4 is 10.6 Å². The molecule has 0 saturated carbocycles. The SMILES string of the molecule is CN=C(NCc1ncc(C)s1)NCC(OC)c1ccccc1. The number of nitrogens with zero attached hydrogens (tertiary/aromatic N) is 2. The van der Waals surface area contributed by atoms with Crippen molar-refractivity contribution < 1.29 is 4.74 Å². The van der Waals surface area contributed by atoms with Crippen molar-refractivity contribution in [3.05, 3.63) is 52.0 Å². The molecule has 2 N–H and O–H groups in total. The fourth-order valence-corrected chi connectivity index (χ4v) is 2.78. The number of ether oxygens (including phenoxy) is 1. The summed E-state index contributed by atoms with van der Waals surface area (Å²) in [7, 11) is 3.47. The molecule has 1 aromatic heterocycles. The number of benzene rings is 1. The summed E-state index contributed by atoms with van der Waals surface area (Å²) in [6.45, 7) is 3.37. The summed E-state index contributed by atoms with van der Waals surface area (Å²) >= 11 is 1.68. The molecule has 0 aliphatic rings. The Balaban J connectivity index is 1.85. The zero-order chi connectivity index (χ0) is 15.8. The highest BCUT2D eigenvalue weighted by Gasteiger charge is 2.10. The third kappa shape index (κ3) is 4.82. The van der Waals surface area contributed by atoms with Gasteiger partial charge in [0.2, 0.25) is 0 Å². The molecule has 0 aliphatic heterocycles. The molecule has 6 heteroatoms. The average molecular weight is 318 g/mol. The van der Waals surface area contributed by atoms with Crippen molar-refractivity contribution >= 4 is 17.3 Å². The maximum Gasteiger partial charge on any atom is 0.191 e. The van der Waals surface area contributed by atoms with Gasteiger partial charge in [-0.2, -0.15) is 0 Å². The maximum absolute atomic E-state index is 5.54. The Hall–Kier alpha value is -1.92. The normalized spacial score (nSPS) is 13.0. The lowest BCUT2D eigenvalue weighted by Crippen LogP contribution is -2.39. The predicted octanol–water partition coefficient (Wildman–Crippen LogP) is 2.50. The van der Waals surface area contributed by atoms with Gasteiger partial charge in [0.15, 0.2) is 5.96 Å². The average Bonchev–Trinajstić information content (AvgIpc) is 2.97. The summed E-state index contributed by atoms with van der Waals surface area (Å²) in [6.07, 6.45) is 1.87. The predicted molar refractivity (Wildman–Crippen MR) is 91.2 cm³/mol. The minimum atomic E-state index is -0.0122. The molecule has 0 amide bonds. The first-order valence-electron chi connectivity index (χ1n) is 7.16. The molecule has 0 radical (unpaired) electrons. The van der Waals surface area contributed by atoms with Crippen LogP contribution in [0.2, 0.25) is 0 Å². The van der Waals surface area contributed by atoms with Crippen molar-refractivity contribution in [2.24, 2.45) is 4.99 Å². The van der Waals surface area contributed by atoms with Crippen LogP contribution in [0.4, 0.5) is 0 Å². The highest BCUT2D eigenvalue weighted by Crippen LogP contribution is 2.14. The van der Waals surface area contributed by atoms with Crippen LogP contribution in [0.3, 0.4) is 0 Å². The number of guanidine groups is 1. The number of aryl methyl sites for hydroxylation is 1. The Labute approximate surface area is 135 Å². The Morgan fingerprint density at radius 1 is 1.32 bits per heavy atom. The molecule has 0 saturated heterocycles. The molecular weight excluding hydrogens is 296 g/mol. The molecule has 2 aromatic rings. The minimum absolute atomic E-state index is 0.0122. The largest absolute Gasteiger partial charge is 0.375 e. The first-order valence-corrected chi connectivity index (χ1v) is 7.98. The van der Waals surface area contributed by atoms with E-state index >= 15 is 0 Å². The number of hydrogen-bond donors (Lipinski definition) is 2. The fourth-order valence-electron chi connectivity index (χ4n) is 2.06. The Morgan fingerprint density at radius 2 is 2.09 bits per heavy atom. The topological polar surface area (TPSA) is 58.5 Å². The van der Waals surface area contributed by atoms with E-state index in [4.69, 9.17) is 4.74 Å². The molecule has 22 heavy (non-hydrogen) atoms. The van der Waals surface area contributed by atoms with Gasteiger partial charge in [0.25, 0.3) is 0 Å². The van der Waals surface area contributed by atoms with E-state index in [1.54, 1.807) is 25.5 Å². The van der Waals surface area contributed by atoms with Crippen LogP contribution >= 0.6 is 11.3 Å². The second-order valence-corrected chi connectivity index (χ2v) is 6.13. The van der Waals surface area contributed by atoms with Gasteiger partial charge in [0.1, 0.15) is 5.01 Å². The van der Waals surface area contributed by atoms with Crippen molar-refractivity contribution in [3.63, 3.8) is 0 Å². The summed E-state index contributed by atoms with van der Waals surface area (Å²) in [5.41, 5.74) is 1.14. The van der Waals surface area contributed by atoms with Gasteiger partial charge in [0, 0.05) is 31.8 Å². The summed E-state index contributed by atoms with van der Waals surface area (Å²) in [5, 5.41) is 7.60. The van der Waals surface area contributed by atoms with Crippen LogP contribution in [0.1, 0.15) is 21.6 Å². The zero-order valence-corrected chi connectivity index (χ0v) is 14.0. The molecule has 0 spiro atoms. The highest BCUT2D eigenvalue weighted by atomic mass is 32.1. The second-order valence-electron chi connectivity index (χ2n) is 4.81. The number of nitrogens with one attached hydrogen (secondary N) is 2. The number of aromatic nitrogens is 1. The lowest BCUT2D eigenvalue weighted by molar-refractivity contribution is 0.106. The monoisotopic (exact) mass is 318 g/mol. The van der Waals surface area contributed by atoms with Crippen LogP contribution in [0, 0.1) is 6.92 Å². The standard InChI is InChI=1S/C16H22N4OS/c1-12-9-18-15(22-12)11-20-16(17-2)19-10-14(21-3)13-7-5-4-6-8-13/h4-9,14H,10-11H2,1-3H3,(H2,17,19,20). The van der Waals surface area contributed by atoms with E-state index in [1.165, 1.54) is 4.88 Å². The second kappa shape index (κ2) is 8.51. The third-order valence-corrected chi connectivity index (χ3v) is 4.12. The Kier molecular flexibility index (Phi) is 6.36. The Bertz CT molecular complexity index is 597. The van der Waals surface area contributed by atoms with Crippen molar-refractivity contribution in [2.45, 2.75) is 19.6 Å². The molecule has 5 nitrogen and oxygen atoms in total. The molecule has 0 fully saturated rings. The number of thiazole rings is 1. The quantitative estimate of drug-likeness (QED) is 0.635. The molecule has 2 rings (SSSR count). The molecule has 0 aliphatic carbocycles. The summed E-state index contributed by atoms with van der Waals surface area (Å²) in [5.74, 6) is 0.742. The van der Waals surface area contributed by atoms with Gasteiger partial charge in [-0.1, -0.05) is 30.3 Å². The van der Waals surface area contributed by atoms with Gasteiger partial charge < -0.3 is 15.4 Å². The summed E-state index contributed by atoms with van der Waals surface area (Å²) < 4.78 is 5.54. The molecule has 1 aromatic carbocycles. The number of rotatable bonds is 6. The van der Waals surface area contributed by atoms with Crippen molar-refractivity contribution in [2.75, 3.05) is 20.7 Å². The fraction of sp³-hybridized carbons (Fsp3) is 0.375. The minimum Gasteiger partial charge on any atom is -0.375 e. The molecule has 1 unspecified atom stereocenters. The van der Waals surface area contributed by atoms with E-state index in [0.29, 0.717) is 13.1 Å². The van der Waals surface area contributed by atoms with Gasteiger partial charge in [0.05, 0.1) is 12.6 Å². The van der Waals surface area contributed by atoms with E-state index in [0.717, 1.165) is 16.5 Å². The lowest BCUT2D eigenvalue weighted by atomic mass is 10.1. The summed E-state index contributed by atoms with van der Waals surface area (Å²) in [4.78, 5) is 9.77. The molecular formula is C16H22N4OS. The van der Waals surface area contributed by atoms with Crippen LogP contribution in [-0.4, -0.2) is 31.6 Å². The molecule has 0 bridgehead atoms. The van der Waals surface area contributed by atoms with Gasteiger partial charge in [-0.25, -0.2) is 4.98 Å². The van der Waals surface area contributed by atoms with E-state index in [-0.39, 0.29) is 6.10 Å². The van der Waals surface area contributed by atoms with E-state index < -0.39 is 0 Å². The first kappa shape index (κ1) is 16.5.